The zero-order valence-corrected chi connectivity index (χ0v) is 13.3. The maximum Gasteiger partial charge on any atom is 0.311 e. The van der Waals surface area contributed by atoms with E-state index in [0.717, 1.165) is 12.8 Å². The first-order valence-corrected chi connectivity index (χ1v) is 8.02. The van der Waals surface area contributed by atoms with E-state index in [2.05, 4.69) is 6.92 Å². The molecule has 0 fully saturated rings. The van der Waals surface area contributed by atoms with Gasteiger partial charge < -0.3 is 4.74 Å². The number of rotatable bonds is 10. The van der Waals surface area contributed by atoms with Crippen LogP contribution in [0.15, 0.2) is 24.3 Å². The lowest BCUT2D eigenvalue weighted by Gasteiger charge is -2.05. The fourth-order valence-electron chi connectivity index (χ4n) is 2.06. The highest BCUT2D eigenvalue weighted by Crippen LogP contribution is 2.15. The smallest absolute Gasteiger partial charge is 0.311 e. The SMILES string of the molecule is CCCCCCCCCC(=O)Oc1ccc(C(=O)Cl)cc1. The van der Waals surface area contributed by atoms with Gasteiger partial charge in [0.25, 0.3) is 5.24 Å². The van der Waals surface area contributed by atoms with Crippen LogP contribution in [0, 0.1) is 0 Å². The van der Waals surface area contributed by atoms with Gasteiger partial charge in [-0.05, 0) is 42.3 Å². The first-order chi connectivity index (χ1) is 10.1. The topological polar surface area (TPSA) is 43.4 Å². The highest BCUT2D eigenvalue weighted by Gasteiger charge is 2.06. The van der Waals surface area contributed by atoms with E-state index in [1.54, 1.807) is 24.3 Å². The summed E-state index contributed by atoms with van der Waals surface area (Å²) in [6.45, 7) is 2.20. The van der Waals surface area contributed by atoms with E-state index in [1.807, 2.05) is 0 Å². The number of esters is 1. The normalized spacial score (nSPS) is 10.4. The molecular formula is C17H23ClO3. The minimum atomic E-state index is -0.518. The first-order valence-electron chi connectivity index (χ1n) is 7.64. The van der Waals surface area contributed by atoms with Crippen LogP contribution in [0.3, 0.4) is 0 Å². The van der Waals surface area contributed by atoms with Gasteiger partial charge in [-0.2, -0.15) is 0 Å². The Kier molecular flexibility index (Phi) is 8.76. The molecule has 1 aromatic carbocycles. The van der Waals surface area contributed by atoms with Crippen molar-refractivity contribution in [3.05, 3.63) is 29.8 Å². The number of ether oxygens (including phenoxy) is 1. The highest BCUT2D eigenvalue weighted by molar-refractivity contribution is 6.67. The van der Waals surface area contributed by atoms with Crippen molar-refractivity contribution in [2.24, 2.45) is 0 Å². The summed E-state index contributed by atoms with van der Waals surface area (Å²) >= 11 is 5.34. The van der Waals surface area contributed by atoms with Crippen LogP contribution in [0.2, 0.25) is 0 Å². The fraction of sp³-hybridized carbons (Fsp3) is 0.529. The Morgan fingerprint density at radius 2 is 1.52 bits per heavy atom. The molecule has 4 heteroatoms. The average molecular weight is 311 g/mol. The molecule has 1 aromatic rings. The Balaban J connectivity index is 2.17. The minimum absolute atomic E-state index is 0.228. The summed E-state index contributed by atoms with van der Waals surface area (Å²) in [4.78, 5) is 22.6. The summed E-state index contributed by atoms with van der Waals surface area (Å²) in [6.07, 6.45) is 8.62. The summed E-state index contributed by atoms with van der Waals surface area (Å²) in [7, 11) is 0. The molecule has 0 aromatic heterocycles. The zero-order chi connectivity index (χ0) is 15.5. The molecule has 0 amide bonds. The van der Waals surface area contributed by atoms with Crippen molar-refractivity contribution in [2.75, 3.05) is 0 Å². The second-order valence-electron chi connectivity index (χ2n) is 5.14. The van der Waals surface area contributed by atoms with Gasteiger partial charge in [0.05, 0.1) is 0 Å². The number of hydrogen-bond acceptors (Lipinski definition) is 3. The van der Waals surface area contributed by atoms with Crippen LogP contribution in [-0.2, 0) is 4.79 Å². The Bertz CT molecular complexity index is 440. The minimum Gasteiger partial charge on any atom is -0.427 e. The lowest BCUT2D eigenvalue weighted by Crippen LogP contribution is -2.07. The third kappa shape index (κ3) is 7.86. The van der Waals surface area contributed by atoms with Crippen LogP contribution >= 0.6 is 11.6 Å². The maximum atomic E-state index is 11.7. The van der Waals surface area contributed by atoms with Gasteiger partial charge in [-0.25, -0.2) is 0 Å². The van der Waals surface area contributed by atoms with Gasteiger partial charge in [-0.15, -0.1) is 0 Å². The largest absolute Gasteiger partial charge is 0.427 e. The van der Waals surface area contributed by atoms with Crippen molar-refractivity contribution in [1.82, 2.24) is 0 Å². The Labute approximate surface area is 131 Å². The summed E-state index contributed by atoms with van der Waals surface area (Å²) in [5, 5.41) is -0.518. The predicted octanol–water partition coefficient (Wildman–Crippen LogP) is 5.11. The molecule has 0 saturated carbocycles. The van der Waals surface area contributed by atoms with Gasteiger partial charge in [0.15, 0.2) is 0 Å². The Morgan fingerprint density at radius 3 is 2.10 bits per heavy atom. The summed E-state index contributed by atoms with van der Waals surface area (Å²) < 4.78 is 5.20. The van der Waals surface area contributed by atoms with Crippen molar-refractivity contribution in [3.8, 4) is 5.75 Å². The van der Waals surface area contributed by atoms with Crippen molar-refractivity contribution >= 4 is 22.8 Å². The number of benzene rings is 1. The van der Waals surface area contributed by atoms with Crippen LogP contribution in [0.1, 0.15) is 68.6 Å². The fourth-order valence-corrected chi connectivity index (χ4v) is 2.19. The first kappa shape index (κ1) is 17.7. The van der Waals surface area contributed by atoms with Crippen LogP contribution in [-0.4, -0.2) is 11.2 Å². The summed E-state index contributed by atoms with van der Waals surface area (Å²) in [5.41, 5.74) is 0.392. The summed E-state index contributed by atoms with van der Waals surface area (Å²) in [5.74, 6) is 0.220. The Morgan fingerprint density at radius 1 is 0.952 bits per heavy atom. The lowest BCUT2D eigenvalue weighted by atomic mass is 10.1. The van der Waals surface area contributed by atoms with E-state index in [4.69, 9.17) is 16.3 Å². The van der Waals surface area contributed by atoms with Crippen molar-refractivity contribution in [2.45, 2.75) is 58.3 Å². The molecule has 21 heavy (non-hydrogen) atoms. The third-order valence-electron chi connectivity index (χ3n) is 3.30. The van der Waals surface area contributed by atoms with E-state index in [-0.39, 0.29) is 5.97 Å². The van der Waals surface area contributed by atoms with Crippen molar-refractivity contribution in [3.63, 3.8) is 0 Å². The molecule has 3 nitrogen and oxygen atoms in total. The van der Waals surface area contributed by atoms with Gasteiger partial charge in [0.1, 0.15) is 5.75 Å². The molecule has 0 saturated heterocycles. The molecule has 0 spiro atoms. The number of halogens is 1. The average Bonchev–Trinajstić information content (AvgIpc) is 2.47. The van der Waals surface area contributed by atoms with E-state index < -0.39 is 5.24 Å². The Hall–Kier alpha value is -1.35. The molecule has 0 aliphatic carbocycles. The number of unbranched alkanes of at least 4 members (excludes halogenated alkanes) is 6. The summed E-state index contributed by atoms with van der Waals surface area (Å²) in [6, 6.07) is 6.26. The molecule has 116 valence electrons. The van der Waals surface area contributed by atoms with Gasteiger partial charge in [0.2, 0.25) is 0 Å². The number of hydrogen-bond donors (Lipinski definition) is 0. The molecule has 0 heterocycles. The lowest BCUT2D eigenvalue weighted by molar-refractivity contribution is -0.134. The molecule has 0 aliphatic heterocycles. The maximum absolute atomic E-state index is 11.7. The van der Waals surface area contributed by atoms with E-state index in [9.17, 15) is 9.59 Å². The van der Waals surface area contributed by atoms with E-state index >= 15 is 0 Å². The molecule has 0 unspecified atom stereocenters. The third-order valence-corrected chi connectivity index (χ3v) is 3.52. The van der Waals surface area contributed by atoms with Crippen molar-refractivity contribution in [1.29, 1.82) is 0 Å². The van der Waals surface area contributed by atoms with Gasteiger partial charge in [-0.3, -0.25) is 9.59 Å². The molecule has 0 atom stereocenters. The standard InChI is InChI=1S/C17H23ClO3/c1-2-3-4-5-6-7-8-9-16(19)21-15-12-10-14(11-13-15)17(18)20/h10-13H,2-9H2,1H3. The van der Waals surface area contributed by atoms with Gasteiger partial charge in [-0.1, -0.05) is 45.4 Å². The van der Waals surface area contributed by atoms with Gasteiger partial charge >= 0.3 is 5.97 Å². The molecule has 0 aliphatic rings. The van der Waals surface area contributed by atoms with Crippen LogP contribution in [0.4, 0.5) is 0 Å². The molecule has 1 rings (SSSR count). The van der Waals surface area contributed by atoms with E-state index in [1.165, 1.54) is 32.1 Å². The second-order valence-corrected chi connectivity index (χ2v) is 5.49. The monoisotopic (exact) mass is 310 g/mol. The van der Waals surface area contributed by atoms with Crippen LogP contribution in [0.25, 0.3) is 0 Å². The zero-order valence-electron chi connectivity index (χ0n) is 12.6. The van der Waals surface area contributed by atoms with Crippen LogP contribution in [0.5, 0.6) is 5.75 Å². The number of carbonyl (C=O) groups is 2. The van der Waals surface area contributed by atoms with Crippen molar-refractivity contribution < 1.29 is 14.3 Å². The van der Waals surface area contributed by atoms with Crippen LogP contribution < -0.4 is 4.74 Å². The second kappa shape index (κ2) is 10.4. The molecule has 0 N–H and O–H groups in total. The molecular weight excluding hydrogens is 288 g/mol. The number of carbonyl (C=O) groups excluding carboxylic acids is 2. The van der Waals surface area contributed by atoms with E-state index in [0.29, 0.717) is 17.7 Å². The predicted molar refractivity (Wildman–Crippen MR) is 84.9 cm³/mol. The quantitative estimate of drug-likeness (QED) is 0.261. The molecule has 0 bridgehead atoms. The highest BCUT2D eigenvalue weighted by atomic mass is 35.5. The van der Waals surface area contributed by atoms with Gasteiger partial charge in [0, 0.05) is 12.0 Å². The molecule has 0 radical (unpaired) electrons.